The topological polar surface area (TPSA) is 41.7 Å². The molecule has 1 aliphatic rings. The van der Waals surface area contributed by atoms with E-state index >= 15 is 0 Å². The van der Waals surface area contributed by atoms with Crippen molar-refractivity contribution in [1.29, 1.82) is 0 Å². The van der Waals surface area contributed by atoms with E-state index in [1.807, 2.05) is 6.92 Å². The summed E-state index contributed by atoms with van der Waals surface area (Å²) in [6.45, 7) is 9.45. The zero-order valence-electron chi connectivity index (χ0n) is 11.5. The van der Waals surface area contributed by atoms with Crippen LogP contribution in [0.15, 0.2) is 0 Å². The Kier molecular flexibility index (Phi) is 7.77. The minimum Gasteiger partial charge on any atom is -0.377 e. The van der Waals surface area contributed by atoms with Crippen molar-refractivity contribution in [3.8, 4) is 0 Å². The van der Waals surface area contributed by atoms with Gasteiger partial charge in [-0.1, -0.05) is 0 Å². The number of nitrogens with zero attached hydrogens (tertiary/aromatic N) is 2. The molecule has 4 nitrogen and oxygen atoms in total. The highest BCUT2D eigenvalue weighted by Crippen LogP contribution is 2.06. The second kappa shape index (κ2) is 8.86. The van der Waals surface area contributed by atoms with Crippen molar-refractivity contribution < 1.29 is 4.74 Å². The molecule has 0 radical (unpaired) electrons. The van der Waals surface area contributed by atoms with Crippen molar-refractivity contribution in [2.75, 3.05) is 52.9 Å². The van der Waals surface area contributed by atoms with Gasteiger partial charge in [0.15, 0.2) is 0 Å². The second-order valence-corrected chi connectivity index (χ2v) is 4.95. The molecule has 4 heteroatoms. The van der Waals surface area contributed by atoms with Gasteiger partial charge in [0.05, 0.1) is 6.10 Å². The first-order valence-electron chi connectivity index (χ1n) is 6.98. The number of ether oxygens (including phenoxy) is 1. The largest absolute Gasteiger partial charge is 0.377 e. The molecule has 1 saturated heterocycles. The van der Waals surface area contributed by atoms with E-state index < -0.39 is 0 Å². The number of hydrogen-bond acceptors (Lipinski definition) is 4. The van der Waals surface area contributed by atoms with Crippen LogP contribution in [-0.2, 0) is 4.74 Å². The molecule has 1 rings (SSSR count). The van der Waals surface area contributed by atoms with Crippen LogP contribution >= 0.6 is 0 Å². The molecule has 0 aromatic carbocycles. The highest BCUT2D eigenvalue weighted by Gasteiger charge is 2.12. The van der Waals surface area contributed by atoms with Crippen LogP contribution in [0.4, 0.5) is 0 Å². The Morgan fingerprint density at radius 1 is 1.29 bits per heavy atom. The molecule has 2 N–H and O–H groups in total. The lowest BCUT2D eigenvalue weighted by Crippen LogP contribution is -2.34. The van der Waals surface area contributed by atoms with Gasteiger partial charge in [0, 0.05) is 32.8 Å². The van der Waals surface area contributed by atoms with Crippen molar-refractivity contribution >= 4 is 0 Å². The molecule has 0 aromatic heterocycles. The summed E-state index contributed by atoms with van der Waals surface area (Å²) in [5.41, 5.74) is 5.67. The molecule has 1 fully saturated rings. The third-order valence-electron chi connectivity index (χ3n) is 3.49. The zero-order chi connectivity index (χ0) is 12.5. The Bertz CT molecular complexity index is 184. The molecule has 1 aliphatic heterocycles. The number of rotatable bonds is 9. The minimum absolute atomic E-state index is 0.231. The molecule has 0 bridgehead atoms. The van der Waals surface area contributed by atoms with Gasteiger partial charge in [0.25, 0.3) is 0 Å². The van der Waals surface area contributed by atoms with E-state index in [-0.39, 0.29) is 6.10 Å². The third-order valence-corrected chi connectivity index (χ3v) is 3.49. The van der Waals surface area contributed by atoms with Crippen molar-refractivity contribution in [2.24, 2.45) is 5.73 Å². The minimum atomic E-state index is 0.231. The van der Waals surface area contributed by atoms with Crippen LogP contribution in [-0.4, -0.2) is 68.8 Å². The van der Waals surface area contributed by atoms with Crippen LogP contribution in [0.25, 0.3) is 0 Å². The van der Waals surface area contributed by atoms with Gasteiger partial charge < -0.3 is 20.3 Å². The number of likely N-dealkylation sites (tertiary alicyclic amines) is 1. The molecule has 0 amide bonds. The molecule has 17 heavy (non-hydrogen) atoms. The summed E-state index contributed by atoms with van der Waals surface area (Å²) in [6, 6.07) is 0. The van der Waals surface area contributed by atoms with E-state index in [4.69, 9.17) is 10.5 Å². The van der Waals surface area contributed by atoms with Crippen LogP contribution in [0.5, 0.6) is 0 Å². The first-order valence-corrected chi connectivity index (χ1v) is 6.98. The Labute approximate surface area is 106 Å². The highest BCUT2D eigenvalue weighted by atomic mass is 16.5. The van der Waals surface area contributed by atoms with Crippen molar-refractivity contribution in [1.82, 2.24) is 9.80 Å². The van der Waals surface area contributed by atoms with Gasteiger partial charge in [-0.15, -0.1) is 0 Å². The number of nitrogens with two attached hydrogens (primary N) is 1. The normalized spacial score (nSPS) is 19.1. The van der Waals surface area contributed by atoms with Crippen molar-refractivity contribution in [2.45, 2.75) is 32.3 Å². The molecular formula is C13H29N3O. The predicted octanol–water partition coefficient (Wildman–Crippen LogP) is 0.768. The van der Waals surface area contributed by atoms with E-state index in [9.17, 15) is 0 Å². The van der Waals surface area contributed by atoms with Crippen LogP contribution in [0.2, 0.25) is 0 Å². The summed E-state index contributed by atoms with van der Waals surface area (Å²) >= 11 is 0. The fourth-order valence-corrected chi connectivity index (χ4v) is 2.30. The summed E-state index contributed by atoms with van der Waals surface area (Å²) in [5.74, 6) is 0. The summed E-state index contributed by atoms with van der Waals surface area (Å²) in [4.78, 5) is 4.94. The molecular weight excluding hydrogens is 214 g/mol. The lowest BCUT2D eigenvalue weighted by molar-refractivity contribution is 0.0558. The lowest BCUT2D eigenvalue weighted by Gasteiger charge is -2.23. The standard InChI is InChI=1S/C13H29N3O/c1-3-17-13(12-14)6-9-15(2)10-11-16-7-4-5-8-16/h13H,3-12,14H2,1-2H3. The van der Waals surface area contributed by atoms with E-state index in [2.05, 4.69) is 16.8 Å². The van der Waals surface area contributed by atoms with Gasteiger partial charge >= 0.3 is 0 Å². The van der Waals surface area contributed by atoms with Gasteiger partial charge in [-0.05, 0) is 46.3 Å². The maximum Gasteiger partial charge on any atom is 0.0709 e. The Morgan fingerprint density at radius 3 is 2.59 bits per heavy atom. The molecule has 0 aliphatic carbocycles. The zero-order valence-corrected chi connectivity index (χ0v) is 11.5. The quantitative estimate of drug-likeness (QED) is 0.649. The average Bonchev–Trinajstić information content (AvgIpc) is 2.85. The molecule has 1 unspecified atom stereocenters. The maximum atomic E-state index is 5.67. The lowest BCUT2D eigenvalue weighted by atomic mass is 10.2. The van der Waals surface area contributed by atoms with E-state index in [1.54, 1.807) is 0 Å². The summed E-state index contributed by atoms with van der Waals surface area (Å²) in [6.07, 6.45) is 4.03. The van der Waals surface area contributed by atoms with Crippen LogP contribution in [0.3, 0.4) is 0 Å². The van der Waals surface area contributed by atoms with Gasteiger partial charge in [-0.2, -0.15) is 0 Å². The van der Waals surface area contributed by atoms with Crippen LogP contribution in [0, 0.1) is 0 Å². The monoisotopic (exact) mass is 243 g/mol. The van der Waals surface area contributed by atoms with Gasteiger partial charge in [0.2, 0.25) is 0 Å². The van der Waals surface area contributed by atoms with Gasteiger partial charge in [0.1, 0.15) is 0 Å². The highest BCUT2D eigenvalue weighted by molar-refractivity contribution is 4.68. The van der Waals surface area contributed by atoms with E-state index in [0.29, 0.717) is 6.54 Å². The predicted molar refractivity (Wildman–Crippen MR) is 72.3 cm³/mol. The molecule has 1 heterocycles. The summed E-state index contributed by atoms with van der Waals surface area (Å²) in [5, 5.41) is 0. The van der Waals surface area contributed by atoms with E-state index in [1.165, 1.54) is 32.5 Å². The van der Waals surface area contributed by atoms with E-state index in [0.717, 1.165) is 26.1 Å². The molecule has 0 spiro atoms. The fourth-order valence-electron chi connectivity index (χ4n) is 2.30. The SMILES string of the molecule is CCOC(CN)CCN(C)CCN1CCCC1. The van der Waals surface area contributed by atoms with Gasteiger partial charge in [-0.3, -0.25) is 0 Å². The second-order valence-electron chi connectivity index (χ2n) is 4.95. The Balaban J connectivity index is 2.04. The first-order chi connectivity index (χ1) is 8.26. The van der Waals surface area contributed by atoms with Crippen LogP contribution < -0.4 is 5.73 Å². The first kappa shape index (κ1) is 14.9. The maximum absolute atomic E-state index is 5.67. The van der Waals surface area contributed by atoms with Gasteiger partial charge in [-0.25, -0.2) is 0 Å². The molecule has 1 atom stereocenters. The van der Waals surface area contributed by atoms with Crippen molar-refractivity contribution in [3.05, 3.63) is 0 Å². The molecule has 0 aromatic rings. The molecule has 0 saturated carbocycles. The summed E-state index contributed by atoms with van der Waals surface area (Å²) in [7, 11) is 2.19. The Hall–Kier alpha value is -0.160. The Morgan fingerprint density at radius 2 is 2.00 bits per heavy atom. The fraction of sp³-hybridized carbons (Fsp3) is 1.00. The number of hydrogen-bond donors (Lipinski definition) is 1. The number of likely N-dealkylation sites (N-methyl/N-ethyl adjacent to an activating group) is 1. The molecule has 102 valence electrons. The third kappa shape index (κ3) is 6.36. The average molecular weight is 243 g/mol. The smallest absolute Gasteiger partial charge is 0.0709 e. The summed E-state index contributed by atoms with van der Waals surface area (Å²) < 4.78 is 5.56. The van der Waals surface area contributed by atoms with Crippen molar-refractivity contribution in [3.63, 3.8) is 0 Å². The van der Waals surface area contributed by atoms with Crippen LogP contribution in [0.1, 0.15) is 26.2 Å².